The van der Waals surface area contributed by atoms with Gasteiger partial charge < -0.3 is 9.73 Å². The summed E-state index contributed by atoms with van der Waals surface area (Å²) in [6, 6.07) is 11.7. The molecular formula is C16H19N3O2. The highest BCUT2D eigenvalue weighted by molar-refractivity contribution is 5.80. The van der Waals surface area contributed by atoms with Crippen molar-refractivity contribution in [3.8, 4) is 0 Å². The lowest BCUT2D eigenvalue weighted by Crippen LogP contribution is -2.18. The maximum Gasteiger partial charge on any atom is 0.240 e. The smallest absolute Gasteiger partial charge is 0.240 e. The molecule has 2 aromatic rings. The SMILES string of the molecule is Cc1ccc(NCCCC(=O)NN=Cc2ccco2)cc1. The van der Waals surface area contributed by atoms with E-state index in [0.29, 0.717) is 12.2 Å². The number of carbonyl (C=O) groups is 1. The summed E-state index contributed by atoms with van der Waals surface area (Å²) in [5.74, 6) is 0.500. The normalized spacial score (nSPS) is 10.7. The molecule has 0 saturated heterocycles. The molecule has 1 heterocycles. The van der Waals surface area contributed by atoms with E-state index in [4.69, 9.17) is 4.42 Å². The van der Waals surface area contributed by atoms with Crippen molar-refractivity contribution in [3.63, 3.8) is 0 Å². The second-order valence-corrected chi connectivity index (χ2v) is 4.70. The van der Waals surface area contributed by atoms with Gasteiger partial charge in [0.15, 0.2) is 0 Å². The quantitative estimate of drug-likeness (QED) is 0.467. The molecule has 0 spiro atoms. The largest absolute Gasteiger partial charge is 0.463 e. The van der Waals surface area contributed by atoms with Gasteiger partial charge >= 0.3 is 0 Å². The Balaban J connectivity index is 1.60. The van der Waals surface area contributed by atoms with Crippen LogP contribution in [0.4, 0.5) is 5.69 Å². The Kier molecular flexibility index (Phi) is 5.58. The Morgan fingerprint density at radius 1 is 1.29 bits per heavy atom. The minimum atomic E-state index is -0.108. The fourth-order valence-corrected chi connectivity index (χ4v) is 1.74. The van der Waals surface area contributed by atoms with Gasteiger partial charge in [-0.2, -0.15) is 5.10 Å². The summed E-state index contributed by atoms with van der Waals surface area (Å²) in [4.78, 5) is 11.5. The summed E-state index contributed by atoms with van der Waals surface area (Å²) in [6.45, 7) is 2.80. The third kappa shape index (κ3) is 5.52. The molecular weight excluding hydrogens is 266 g/mol. The van der Waals surface area contributed by atoms with Gasteiger partial charge in [-0.3, -0.25) is 4.79 Å². The molecule has 0 aliphatic rings. The van der Waals surface area contributed by atoms with Gasteiger partial charge in [0.1, 0.15) is 5.76 Å². The van der Waals surface area contributed by atoms with Crippen LogP contribution in [0.1, 0.15) is 24.2 Å². The van der Waals surface area contributed by atoms with Gasteiger partial charge in [0, 0.05) is 18.7 Å². The van der Waals surface area contributed by atoms with E-state index >= 15 is 0 Å². The minimum absolute atomic E-state index is 0.108. The lowest BCUT2D eigenvalue weighted by molar-refractivity contribution is -0.121. The fraction of sp³-hybridized carbons (Fsp3) is 0.250. The third-order valence-corrected chi connectivity index (χ3v) is 2.89. The van der Waals surface area contributed by atoms with Crippen molar-refractivity contribution in [1.29, 1.82) is 0 Å². The fourth-order valence-electron chi connectivity index (χ4n) is 1.74. The first kappa shape index (κ1) is 14.8. The molecule has 0 fully saturated rings. The van der Waals surface area contributed by atoms with Crippen LogP contribution in [-0.4, -0.2) is 18.7 Å². The van der Waals surface area contributed by atoms with Crippen molar-refractivity contribution in [2.75, 3.05) is 11.9 Å². The lowest BCUT2D eigenvalue weighted by Gasteiger charge is -2.06. The van der Waals surface area contributed by atoms with Gasteiger partial charge in [-0.1, -0.05) is 17.7 Å². The highest BCUT2D eigenvalue weighted by Crippen LogP contribution is 2.08. The van der Waals surface area contributed by atoms with Crippen LogP contribution in [0, 0.1) is 6.92 Å². The number of hydrogen-bond acceptors (Lipinski definition) is 4. The highest BCUT2D eigenvalue weighted by Gasteiger charge is 1.99. The summed E-state index contributed by atoms with van der Waals surface area (Å²) in [5.41, 5.74) is 4.77. The number of hydrogen-bond donors (Lipinski definition) is 2. The van der Waals surface area contributed by atoms with Crippen LogP contribution >= 0.6 is 0 Å². The number of aryl methyl sites for hydroxylation is 1. The standard InChI is InChI=1S/C16H19N3O2/c1-13-6-8-14(9-7-13)17-10-2-5-16(20)19-18-12-15-4-3-11-21-15/h3-4,6-9,11-12,17H,2,5,10H2,1H3,(H,19,20). The van der Waals surface area contributed by atoms with Crippen molar-refractivity contribution < 1.29 is 9.21 Å². The average molecular weight is 285 g/mol. The Morgan fingerprint density at radius 2 is 2.10 bits per heavy atom. The molecule has 1 aromatic heterocycles. The number of rotatable bonds is 7. The molecule has 5 nitrogen and oxygen atoms in total. The Hall–Kier alpha value is -2.56. The van der Waals surface area contributed by atoms with E-state index in [1.807, 2.05) is 12.1 Å². The zero-order chi connectivity index (χ0) is 14.9. The molecule has 0 saturated carbocycles. The molecule has 21 heavy (non-hydrogen) atoms. The predicted molar refractivity (Wildman–Crippen MR) is 83.3 cm³/mol. The first-order valence-corrected chi connectivity index (χ1v) is 6.90. The number of nitrogens with one attached hydrogen (secondary N) is 2. The zero-order valence-electron chi connectivity index (χ0n) is 12.0. The number of furan rings is 1. The first-order valence-electron chi connectivity index (χ1n) is 6.90. The Bertz CT molecular complexity index is 574. The van der Waals surface area contributed by atoms with E-state index in [0.717, 1.165) is 18.7 Å². The Labute approximate surface area is 124 Å². The van der Waals surface area contributed by atoms with Crippen LogP contribution < -0.4 is 10.7 Å². The van der Waals surface area contributed by atoms with Crippen LogP contribution in [0.5, 0.6) is 0 Å². The molecule has 0 atom stereocenters. The number of nitrogens with zero attached hydrogens (tertiary/aromatic N) is 1. The van der Waals surface area contributed by atoms with Crippen LogP contribution in [0.15, 0.2) is 52.2 Å². The maximum absolute atomic E-state index is 11.5. The van der Waals surface area contributed by atoms with Crippen LogP contribution in [0.25, 0.3) is 0 Å². The molecule has 0 bridgehead atoms. The third-order valence-electron chi connectivity index (χ3n) is 2.89. The van der Waals surface area contributed by atoms with Crippen molar-refractivity contribution in [3.05, 3.63) is 54.0 Å². The van der Waals surface area contributed by atoms with Crippen molar-refractivity contribution in [1.82, 2.24) is 5.43 Å². The summed E-state index contributed by atoms with van der Waals surface area (Å²) < 4.78 is 5.06. The Morgan fingerprint density at radius 3 is 2.81 bits per heavy atom. The topological polar surface area (TPSA) is 66.6 Å². The molecule has 1 amide bonds. The molecule has 2 N–H and O–H groups in total. The number of amides is 1. The van der Waals surface area contributed by atoms with Crippen molar-refractivity contribution in [2.24, 2.45) is 5.10 Å². The summed E-state index contributed by atoms with van der Waals surface area (Å²) in [6.07, 6.45) is 4.20. The summed E-state index contributed by atoms with van der Waals surface area (Å²) in [5, 5.41) is 7.09. The van der Waals surface area contributed by atoms with Gasteiger partial charge in [-0.15, -0.1) is 0 Å². The highest BCUT2D eigenvalue weighted by atomic mass is 16.3. The van der Waals surface area contributed by atoms with E-state index in [2.05, 4.69) is 34.9 Å². The van der Waals surface area contributed by atoms with Gasteiger partial charge in [-0.25, -0.2) is 5.43 Å². The van der Waals surface area contributed by atoms with E-state index in [1.165, 1.54) is 11.8 Å². The molecule has 1 aromatic carbocycles. The number of benzene rings is 1. The molecule has 0 aliphatic carbocycles. The maximum atomic E-state index is 11.5. The van der Waals surface area contributed by atoms with Gasteiger partial charge in [-0.05, 0) is 37.6 Å². The minimum Gasteiger partial charge on any atom is -0.463 e. The summed E-state index contributed by atoms with van der Waals surface area (Å²) in [7, 11) is 0. The molecule has 0 aliphatic heterocycles. The zero-order valence-corrected chi connectivity index (χ0v) is 12.0. The molecule has 0 radical (unpaired) electrons. The first-order chi connectivity index (χ1) is 10.2. The van der Waals surface area contributed by atoms with Crippen molar-refractivity contribution >= 4 is 17.8 Å². The molecule has 0 unspecified atom stereocenters. The number of hydrazone groups is 1. The second kappa shape index (κ2) is 7.89. The molecule has 5 heteroatoms. The van der Waals surface area contributed by atoms with E-state index in [9.17, 15) is 4.79 Å². The second-order valence-electron chi connectivity index (χ2n) is 4.70. The van der Waals surface area contributed by atoms with Gasteiger partial charge in [0.25, 0.3) is 0 Å². The number of carbonyl (C=O) groups excluding carboxylic acids is 1. The number of anilines is 1. The lowest BCUT2D eigenvalue weighted by atomic mass is 10.2. The van der Waals surface area contributed by atoms with Crippen LogP contribution in [0.3, 0.4) is 0 Å². The predicted octanol–water partition coefficient (Wildman–Crippen LogP) is 2.93. The van der Waals surface area contributed by atoms with Crippen LogP contribution in [-0.2, 0) is 4.79 Å². The van der Waals surface area contributed by atoms with Crippen LogP contribution in [0.2, 0.25) is 0 Å². The summed E-state index contributed by atoms with van der Waals surface area (Å²) >= 11 is 0. The van der Waals surface area contributed by atoms with E-state index in [1.54, 1.807) is 18.4 Å². The monoisotopic (exact) mass is 285 g/mol. The van der Waals surface area contributed by atoms with E-state index in [-0.39, 0.29) is 5.91 Å². The molecule has 110 valence electrons. The van der Waals surface area contributed by atoms with E-state index < -0.39 is 0 Å². The average Bonchev–Trinajstić information content (AvgIpc) is 2.99. The van der Waals surface area contributed by atoms with Gasteiger partial charge in [0.05, 0.1) is 12.5 Å². The van der Waals surface area contributed by atoms with Gasteiger partial charge in [0.2, 0.25) is 5.91 Å². The molecule has 2 rings (SSSR count). The van der Waals surface area contributed by atoms with Crippen molar-refractivity contribution in [2.45, 2.75) is 19.8 Å².